The molecule has 0 aromatic carbocycles. The number of unbranched alkanes of at least 4 members (excludes halogenated alkanes) is 10. The molecule has 6 atom stereocenters. The van der Waals surface area contributed by atoms with E-state index in [2.05, 4.69) is 0 Å². The van der Waals surface area contributed by atoms with E-state index in [1.165, 1.54) is 64.2 Å². The molecule has 0 aromatic heterocycles. The monoisotopic (exact) mass is 494 g/mol. The molecule has 35 heavy (non-hydrogen) atoms. The third-order valence-electron chi connectivity index (χ3n) is 7.89. The fourth-order valence-corrected chi connectivity index (χ4v) is 5.34. The van der Waals surface area contributed by atoms with Crippen molar-refractivity contribution in [3.8, 4) is 0 Å². The van der Waals surface area contributed by atoms with Crippen LogP contribution in [0.15, 0.2) is 0 Å². The van der Waals surface area contributed by atoms with Crippen LogP contribution in [-0.4, -0.2) is 62.8 Å². The summed E-state index contributed by atoms with van der Waals surface area (Å²) in [5.74, 6) is -1.35. The molecule has 0 aromatic rings. The molecule has 200 valence electrons. The van der Waals surface area contributed by atoms with Crippen molar-refractivity contribution < 1.29 is 33.3 Å². The second-order valence-corrected chi connectivity index (χ2v) is 11.0. The van der Waals surface area contributed by atoms with E-state index < -0.39 is 11.8 Å². The molecule has 0 amide bonds. The van der Waals surface area contributed by atoms with Gasteiger partial charge in [0.15, 0.2) is 0 Å². The van der Waals surface area contributed by atoms with Gasteiger partial charge < -0.3 is 23.7 Å². The summed E-state index contributed by atoms with van der Waals surface area (Å²) in [4.78, 5) is 25.5. The first kappa shape index (κ1) is 26.9. The maximum absolute atomic E-state index is 12.8. The van der Waals surface area contributed by atoms with Crippen LogP contribution in [-0.2, 0) is 33.3 Å². The molecule has 7 heteroatoms. The zero-order valence-electron chi connectivity index (χ0n) is 21.5. The van der Waals surface area contributed by atoms with Crippen molar-refractivity contribution in [1.29, 1.82) is 0 Å². The molecule has 7 nitrogen and oxygen atoms in total. The van der Waals surface area contributed by atoms with Gasteiger partial charge in [0, 0.05) is 0 Å². The Kier molecular flexibility index (Phi) is 11.2. The molecule has 3 aliphatic heterocycles. The van der Waals surface area contributed by atoms with Crippen molar-refractivity contribution in [2.24, 2.45) is 11.8 Å². The Balaban J connectivity index is 1.02. The predicted octanol–water partition coefficient (Wildman–Crippen LogP) is 5.13. The average molecular weight is 495 g/mol. The van der Waals surface area contributed by atoms with Crippen LogP contribution in [0.2, 0.25) is 0 Å². The van der Waals surface area contributed by atoms with Gasteiger partial charge in [-0.25, -0.2) is 0 Å². The Labute approximate surface area is 210 Å². The second kappa shape index (κ2) is 14.5. The lowest BCUT2D eigenvalue weighted by Gasteiger charge is -2.26. The Morgan fingerprint density at radius 2 is 0.943 bits per heavy atom. The minimum atomic E-state index is -0.425. The smallest absolute Gasteiger partial charge is 0.309 e. The first-order chi connectivity index (χ1) is 17.2. The van der Waals surface area contributed by atoms with E-state index in [0.29, 0.717) is 38.3 Å². The number of carbonyl (C=O) groups excluding carboxylic acids is 2. The van der Waals surface area contributed by atoms with E-state index in [-0.39, 0.29) is 24.1 Å². The van der Waals surface area contributed by atoms with Gasteiger partial charge in [-0.15, -0.1) is 0 Å². The molecule has 1 saturated carbocycles. The highest BCUT2D eigenvalue weighted by Crippen LogP contribution is 2.43. The molecule has 0 bridgehead atoms. The van der Waals surface area contributed by atoms with Crippen LogP contribution in [0, 0.1) is 11.8 Å². The number of carbonyl (C=O) groups is 2. The molecule has 3 heterocycles. The topological polar surface area (TPSA) is 90.2 Å². The number of rotatable bonds is 20. The lowest BCUT2D eigenvalue weighted by Crippen LogP contribution is -2.37. The molecule has 0 radical (unpaired) electrons. The van der Waals surface area contributed by atoms with Gasteiger partial charge in [0.2, 0.25) is 0 Å². The van der Waals surface area contributed by atoms with E-state index in [4.69, 9.17) is 23.7 Å². The Morgan fingerprint density at radius 1 is 0.571 bits per heavy atom. The zero-order valence-corrected chi connectivity index (χ0v) is 21.5. The molecule has 0 spiro atoms. The summed E-state index contributed by atoms with van der Waals surface area (Å²) in [6.45, 7) is 2.79. The third-order valence-corrected chi connectivity index (χ3v) is 7.89. The van der Waals surface area contributed by atoms with E-state index >= 15 is 0 Å². The standard InChI is InChI=1S/C28H46O7/c29-27(31-15-11-7-3-1-5-9-13-21-19-33-21)23-17-25-26(35-25)18-24(23)28(30)32-16-12-8-4-2-6-10-14-22-20-34-22/h21-26H,1-20H2. The summed E-state index contributed by atoms with van der Waals surface area (Å²) in [5, 5.41) is 0. The number of ether oxygens (including phenoxy) is 5. The number of hydrogen-bond donors (Lipinski definition) is 0. The summed E-state index contributed by atoms with van der Waals surface area (Å²) in [5.41, 5.74) is 0. The number of esters is 2. The van der Waals surface area contributed by atoms with Crippen LogP contribution in [0.5, 0.6) is 0 Å². The van der Waals surface area contributed by atoms with Crippen LogP contribution in [0.3, 0.4) is 0 Å². The lowest BCUT2D eigenvalue weighted by atomic mass is 9.79. The average Bonchev–Trinajstić information content (AvgIpc) is 3.72. The highest BCUT2D eigenvalue weighted by molar-refractivity contribution is 5.82. The summed E-state index contributed by atoms with van der Waals surface area (Å²) in [6, 6.07) is 0. The van der Waals surface area contributed by atoms with Gasteiger partial charge in [0.1, 0.15) is 0 Å². The molecule has 6 unspecified atom stereocenters. The van der Waals surface area contributed by atoms with E-state index in [1.807, 2.05) is 0 Å². The molecule has 4 fully saturated rings. The van der Waals surface area contributed by atoms with Crippen LogP contribution < -0.4 is 0 Å². The van der Waals surface area contributed by atoms with Gasteiger partial charge in [-0.05, 0) is 38.5 Å². The van der Waals surface area contributed by atoms with Crippen molar-refractivity contribution >= 4 is 11.9 Å². The molecule has 4 rings (SSSR count). The fourth-order valence-electron chi connectivity index (χ4n) is 5.34. The summed E-state index contributed by atoms with van der Waals surface area (Å²) >= 11 is 0. The summed E-state index contributed by atoms with van der Waals surface area (Å²) in [7, 11) is 0. The van der Waals surface area contributed by atoms with Crippen molar-refractivity contribution in [1.82, 2.24) is 0 Å². The first-order valence-corrected chi connectivity index (χ1v) is 14.4. The second-order valence-electron chi connectivity index (χ2n) is 11.0. The van der Waals surface area contributed by atoms with Gasteiger partial charge in [0.25, 0.3) is 0 Å². The van der Waals surface area contributed by atoms with E-state index in [9.17, 15) is 9.59 Å². The Bertz CT molecular complexity index is 591. The highest BCUT2D eigenvalue weighted by atomic mass is 16.6. The van der Waals surface area contributed by atoms with Crippen molar-refractivity contribution in [3.05, 3.63) is 0 Å². The lowest BCUT2D eigenvalue weighted by molar-refractivity contribution is -0.162. The normalized spacial score (nSPS) is 30.4. The van der Waals surface area contributed by atoms with E-state index in [1.54, 1.807) is 0 Å². The van der Waals surface area contributed by atoms with Crippen LogP contribution in [0.25, 0.3) is 0 Å². The molecule has 1 aliphatic carbocycles. The third kappa shape index (κ3) is 10.4. The number of epoxide rings is 3. The zero-order chi connectivity index (χ0) is 24.3. The maximum atomic E-state index is 12.8. The van der Waals surface area contributed by atoms with Crippen LogP contribution in [0.4, 0.5) is 0 Å². The van der Waals surface area contributed by atoms with Crippen LogP contribution in [0.1, 0.15) is 103 Å². The highest BCUT2D eigenvalue weighted by Gasteiger charge is 2.53. The minimum Gasteiger partial charge on any atom is -0.465 e. The van der Waals surface area contributed by atoms with Crippen LogP contribution >= 0.6 is 0 Å². The maximum Gasteiger partial charge on any atom is 0.309 e. The Morgan fingerprint density at radius 3 is 1.34 bits per heavy atom. The van der Waals surface area contributed by atoms with Crippen molar-refractivity contribution in [2.45, 2.75) is 127 Å². The van der Waals surface area contributed by atoms with Gasteiger partial charge in [0.05, 0.1) is 62.7 Å². The molecule has 3 saturated heterocycles. The van der Waals surface area contributed by atoms with Gasteiger partial charge in [-0.1, -0.05) is 64.2 Å². The van der Waals surface area contributed by atoms with E-state index in [0.717, 1.165) is 38.9 Å². The van der Waals surface area contributed by atoms with Gasteiger partial charge >= 0.3 is 11.9 Å². The number of hydrogen-bond acceptors (Lipinski definition) is 7. The largest absolute Gasteiger partial charge is 0.465 e. The summed E-state index contributed by atoms with van der Waals surface area (Å²) in [6.07, 6.45) is 18.6. The number of fused-ring (bicyclic) bond motifs is 1. The molecular formula is C28H46O7. The van der Waals surface area contributed by atoms with Gasteiger partial charge in [-0.3, -0.25) is 9.59 Å². The van der Waals surface area contributed by atoms with Crippen molar-refractivity contribution in [3.63, 3.8) is 0 Å². The SMILES string of the molecule is O=C(OCCCCCCCCC1CO1)C1CC2OC2CC1C(=O)OCCCCCCCCC1CO1. The minimum absolute atomic E-state index is 0.115. The Hall–Kier alpha value is -1.18. The van der Waals surface area contributed by atoms with Gasteiger partial charge in [-0.2, -0.15) is 0 Å². The summed E-state index contributed by atoms with van der Waals surface area (Å²) < 4.78 is 27.2. The first-order valence-electron chi connectivity index (χ1n) is 14.4. The predicted molar refractivity (Wildman–Crippen MR) is 131 cm³/mol. The molecule has 0 N–H and O–H groups in total. The molecular weight excluding hydrogens is 448 g/mol. The fraction of sp³-hybridized carbons (Fsp3) is 0.929. The quantitative estimate of drug-likeness (QED) is 0.132. The van der Waals surface area contributed by atoms with Crippen molar-refractivity contribution in [2.75, 3.05) is 26.4 Å². The molecule has 4 aliphatic rings.